The predicted octanol–water partition coefficient (Wildman–Crippen LogP) is 2.92. The van der Waals surface area contributed by atoms with Gasteiger partial charge in [0, 0.05) is 24.7 Å². The highest BCUT2D eigenvalue weighted by atomic mass is 16.2. The van der Waals surface area contributed by atoms with Crippen LogP contribution < -0.4 is 0 Å². The highest BCUT2D eigenvalue weighted by molar-refractivity contribution is 6.03. The molecule has 0 aromatic heterocycles. The van der Waals surface area contributed by atoms with Crippen molar-refractivity contribution >= 4 is 11.8 Å². The standard InChI is InChI=1S/C19H28N2O2/c1-6-9-16-15(7-2)12-21(18(16)22)17(13(3)4)19(23)20-11-8-10-14(20)5/h6-7,9,13-14,17H,2,8,10-12H2,1,3-5H3/b9-6-. The quantitative estimate of drug-likeness (QED) is 0.782. The Balaban J connectivity index is 2.28. The van der Waals surface area contributed by atoms with Gasteiger partial charge < -0.3 is 9.80 Å². The lowest BCUT2D eigenvalue weighted by atomic mass is 10.0. The summed E-state index contributed by atoms with van der Waals surface area (Å²) < 4.78 is 0. The molecule has 2 aliphatic heterocycles. The maximum absolute atomic E-state index is 13.1. The Labute approximate surface area is 139 Å². The molecule has 1 fully saturated rings. The molecule has 0 aliphatic carbocycles. The molecule has 2 unspecified atom stereocenters. The van der Waals surface area contributed by atoms with Gasteiger partial charge in [0.2, 0.25) is 5.91 Å². The van der Waals surface area contributed by atoms with E-state index in [0.29, 0.717) is 12.1 Å². The summed E-state index contributed by atoms with van der Waals surface area (Å²) in [6.07, 6.45) is 7.50. The molecule has 2 heterocycles. The Morgan fingerprint density at radius 1 is 1.39 bits per heavy atom. The minimum Gasteiger partial charge on any atom is -0.338 e. The maximum Gasteiger partial charge on any atom is 0.255 e. The third-order valence-corrected chi connectivity index (χ3v) is 4.81. The molecular weight excluding hydrogens is 288 g/mol. The molecule has 2 rings (SSSR count). The van der Waals surface area contributed by atoms with Gasteiger partial charge in [0.15, 0.2) is 0 Å². The Kier molecular flexibility index (Phi) is 5.45. The van der Waals surface area contributed by atoms with Crippen molar-refractivity contribution in [2.24, 2.45) is 5.92 Å². The molecule has 0 N–H and O–H groups in total. The Bertz CT molecular complexity index is 560. The fraction of sp³-hybridized carbons (Fsp3) is 0.579. The summed E-state index contributed by atoms with van der Waals surface area (Å²) in [7, 11) is 0. The largest absolute Gasteiger partial charge is 0.338 e. The molecule has 23 heavy (non-hydrogen) atoms. The topological polar surface area (TPSA) is 40.6 Å². The number of carbonyl (C=O) groups excluding carboxylic acids is 2. The summed E-state index contributed by atoms with van der Waals surface area (Å²) in [6.45, 7) is 13.1. The summed E-state index contributed by atoms with van der Waals surface area (Å²) in [5.74, 6) is 0.107. The zero-order valence-electron chi connectivity index (χ0n) is 14.7. The number of hydrogen-bond acceptors (Lipinski definition) is 2. The van der Waals surface area contributed by atoms with E-state index in [9.17, 15) is 9.59 Å². The molecule has 4 heteroatoms. The molecule has 0 saturated carbocycles. The van der Waals surface area contributed by atoms with Crippen LogP contribution in [0, 0.1) is 5.92 Å². The van der Waals surface area contributed by atoms with Crippen LogP contribution in [0.1, 0.15) is 40.5 Å². The summed E-state index contributed by atoms with van der Waals surface area (Å²) in [5, 5.41) is 0. The van der Waals surface area contributed by atoms with E-state index in [4.69, 9.17) is 0 Å². The van der Waals surface area contributed by atoms with Gasteiger partial charge in [-0.1, -0.05) is 38.7 Å². The van der Waals surface area contributed by atoms with E-state index in [2.05, 4.69) is 13.5 Å². The summed E-state index contributed by atoms with van der Waals surface area (Å²) in [5.41, 5.74) is 1.57. The number of amides is 2. The fourth-order valence-corrected chi connectivity index (χ4v) is 3.59. The van der Waals surface area contributed by atoms with Crippen molar-refractivity contribution in [2.45, 2.75) is 52.6 Å². The van der Waals surface area contributed by atoms with Crippen LogP contribution in [-0.4, -0.2) is 46.8 Å². The second kappa shape index (κ2) is 7.16. The number of likely N-dealkylation sites (tertiary alicyclic amines) is 1. The molecule has 4 nitrogen and oxygen atoms in total. The lowest BCUT2D eigenvalue weighted by Crippen LogP contribution is -2.53. The molecule has 0 aromatic rings. The molecular formula is C19H28N2O2. The van der Waals surface area contributed by atoms with Crippen molar-refractivity contribution in [1.29, 1.82) is 0 Å². The Morgan fingerprint density at radius 2 is 2.09 bits per heavy atom. The third-order valence-electron chi connectivity index (χ3n) is 4.81. The molecule has 0 bridgehead atoms. The summed E-state index contributed by atoms with van der Waals surface area (Å²) in [4.78, 5) is 29.5. The average Bonchev–Trinajstić information content (AvgIpc) is 3.05. The van der Waals surface area contributed by atoms with Crippen LogP contribution in [0.2, 0.25) is 0 Å². The van der Waals surface area contributed by atoms with Gasteiger partial charge >= 0.3 is 0 Å². The van der Waals surface area contributed by atoms with Crippen LogP contribution in [0.15, 0.2) is 36.0 Å². The third kappa shape index (κ3) is 3.26. The Hall–Kier alpha value is -1.84. The van der Waals surface area contributed by atoms with Crippen LogP contribution >= 0.6 is 0 Å². The van der Waals surface area contributed by atoms with Crippen molar-refractivity contribution in [2.75, 3.05) is 13.1 Å². The van der Waals surface area contributed by atoms with Gasteiger partial charge in [-0.15, -0.1) is 0 Å². The fourth-order valence-electron chi connectivity index (χ4n) is 3.59. The first-order valence-electron chi connectivity index (χ1n) is 8.52. The monoisotopic (exact) mass is 316 g/mol. The van der Waals surface area contributed by atoms with Crippen molar-refractivity contribution in [3.05, 3.63) is 36.0 Å². The van der Waals surface area contributed by atoms with Gasteiger partial charge in [-0.2, -0.15) is 0 Å². The molecule has 1 saturated heterocycles. The minimum absolute atomic E-state index is 0.0584. The van der Waals surface area contributed by atoms with E-state index in [1.807, 2.05) is 37.8 Å². The second-order valence-electron chi connectivity index (χ2n) is 6.79. The lowest BCUT2D eigenvalue weighted by Gasteiger charge is -2.35. The average molecular weight is 316 g/mol. The molecule has 2 atom stereocenters. The molecule has 0 radical (unpaired) electrons. The van der Waals surface area contributed by atoms with Gasteiger partial charge in [-0.25, -0.2) is 0 Å². The van der Waals surface area contributed by atoms with E-state index in [1.165, 1.54) is 0 Å². The van der Waals surface area contributed by atoms with Crippen LogP contribution in [0.25, 0.3) is 0 Å². The first-order valence-corrected chi connectivity index (χ1v) is 8.52. The van der Waals surface area contributed by atoms with Gasteiger partial charge in [-0.05, 0) is 38.2 Å². The second-order valence-corrected chi connectivity index (χ2v) is 6.79. The highest BCUT2D eigenvalue weighted by Crippen LogP contribution is 2.28. The first kappa shape index (κ1) is 17.5. The maximum atomic E-state index is 13.1. The van der Waals surface area contributed by atoms with E-state index in [-0.39, 0.29) is 23.8 Å². The van der Waals surface area contributed by atoms with E-state index >= 15 is 0 Å². The van der Waals surface area contributed by atoms with E-state index < -0.39 is 6.04 Å². The normalized spacial score (nSPS) is 23.5. The number of nitrogens with zero attached hydrogens (tertiary/aromatic N) is 2. The van der Waals surface area contributed by atoms with Gasteiger partial charge in [0.25, 0.3) is 5.91 Å². The summed E-state index contributed by atoms with van der Waals surface area (Å²) >= 11 is 0. The van der Waals surface area contributed by atoms with Gasteiger partial charge in [-0.3, -0.25) is 9.59 Å². The van der Waals surface area contributed by atoms with Gasteiger partial charge in [0.1, 0.15) is 6.04 Å². The van der Waals surface area contributed by atoms with Crippen LogP contribution in [-0.2, 0) is 9.59 Å². The van der Waals surface area contributed by atoms with Crippen molar-refractivity contribution in [3.63, 3.8) is 0 Å². The molecule has 126 valence electrons. The highest BCUT2D eigenvalue weighted by Gasteiger charge is 2.41. The molecule has 2 aliphatic rings. The number of carbonyl (C=O) groups is 2. The number of rotatable bonds is 5. The van der Waals surface area contributed by atoms with Crippen LogP contribution in [0.5, 0.6) is 0 Å². The zero-order valence-corrected chi connectivity index (χ0v) is 14.7. The number of hydrogen-bond donors (Lipinski definition) is 0. The lowest BCUT2D eigenvalue weighted by molar-refractivity contribution is -0.145. The molecule has 0 aromatic carbocycles. The van der Waals surface area contributed by atoms with E-state index in [0.717, 1.165) is 25.0 Å². The number of allylic oxidation sites excluding steroid dienone is 1. The van der Waals surface area contributed by atoms with Crippen molar-refractivity contribution in [3.8, 4) is 0 Å². The smallest absolute Gasteiger partial charge is 0.255 e. The van der Waals surface area contributed by atoms with Crippen molar-refractivity contribution in [1.82, 2.24) is 9.80 Å². The Morgan fingerprint density at radius 3 is 2.57 bits per heavy atom. The summed E-state index contributed by atoms with van der Waals surface area (Å²) in [6, 6.07) is -0.135. The SMILES string of the molecule is C=CC1=C(/C=C\C)C(=O)N(C(C(=O)N2CCCC2C)C(C)C)C1. The predicted molar refractivity (Wildman–Crippen MR) is 92.8 cm³/mol. The first-order chi connectivity index (χ1) is 10.9. The molecule has 2 amide bonds. The van der Waals surface area contributed by atoms with Crippen LogP contribution in [0.4, 0.5) is 0 Å². The van der Waals surface area contributed by atoms with Gasteiger partial charge in [0.05, 0.1) is 0 Å². The van der Waals surface area contributed by atoms with Crippen molar-refractivity contribution < 1.29 is 9.59 Å². The van der Waals surface area contributed by atoms with Crippen LogP contribution in [0.3, 0.4) is 0 Å². The minimum atomic E-state index is -0.402. The molecule has 0 spiro atoms. The van der Waals surface area contributed by atoms with E-state index in [1.54, 1.807) is 11.0 Å². The zero-order chi connectivity index (χ0) is 17.1.